The number of carbonyl (C=O) groups is 2. The SMILES string of the molecule is COC(=O)[C@H]1CC1Cn1c(=O)n(Cc2ccccc2F)c(=O)c2[nH]c(Cc3ccc(NC(C)=O)cc3)nc21. The van der Waals surface area contributed by atoms with Crippen molar-refractivity contribution < 1.29 is 18.7 Å². The number of H-pyrrole nitrogens is 1. The van der Waals surface area contributed by atoms with Crippen molar-refractivity contribution in [3.8, 4) is 0 Å². The quantitative estimate of drug-likeness (QED) is 0.344. The van der Waals surface area contributed by atoms with E-state index in [0.717, 1.165) is 10.1 Å². The standard InChI is InChI=1S/C27H26FN5O5/c1-15(34)29-19-9-7-16(8-10-19)11-22-30-23-24(31-22)32(14-18-12-20(18)26(36)38-2)27(37)33(25(23)35)13-17-5-3-4-6-21(17)28/h3-10,18,20H,11-14H2,1-2H3,(H,29,34)(H,30,31)/t18?,20-/m0/s1. The van der Waals surface area contributed by atoms with Crippen LogP contribution in [0.1, 0.15) is 30.3 Å². The molecule has 1 amide bonds. The molecular formula is C27H26FN5O5. The highest BCUT2D eigenvalue weighted by atomic mass is 19.1. The Morgan fingerprint density at radius 2 is 1.87 bits per heavy atom. The Bertz CT molecular complexity index is 1650. The minimum absolute atomic E-state index is 0.126. The summed E-state index contributed by atoms with van der Waals surface area (Å²) >= 11 is 0. The molecule has 196 valence electrons. The van der Waals surface area contributed by atoms with Gasteiger partial charge in [0.2, 0.25) is 5.91 Å². The third kappa shape index (κ3) is 4.99. The number of ether oxygens (including phenoxy) is 1. The van der Waals surface area contributed by atoms with E-state index >= 15 is 0 Å². The number of aromatic amines is 1. The maximum Gasteiger partial charge on any atom is 0.333 e. The zero-order valence-electron chi connectivity index (χ0n) is 20.9. The molecule has 1 aliphatic carbocycles. The first kappa shape index (κ1) is 25.1. The molecule has 2 atom stereocenters. The predicted molar refractivity (Wildman–Crippen MR) is 137 cm³/mol. The third-order valence-electron chi connectivity index (χ3n) is 6.69. The number of nitrogens with zero attached hydrogens (tertiary/aromatic N) is 3. The fourth-order valence-electron chi connectivity index (χ4n) is 4.63. The van der Waals surface area contributed by atoms with E-state index in [0.29, 0.717) is 24.4 Å². The number of hydrogen-bond acceptors (Lipinski definition) is 6. The highest BCUT2D eigenvalue weighted by molar-refractivity contribution is 5.88. The fraction of sp³-hybridized carbons (Fsp3) is 0.296. The first-order chi connectivity index (χ1) is 18.2. The number of esters is 1. The summed E-state index contributed by atoms with van der Waals surface area (Å²) < 4.78 is 21.6. The van der Waals surface area contributed by atoms with Gasteiger partial charge in [-0.25, -0.2) is 14.2 Å². The van der Waals surface area contributed by atoms with Crippen LogP contribution >= 0.6 is 0 Å². The van der Waals surface area contributed by atoms with Crippen molar-refractivity contribution >= 4 is 28.7 Å². The highest BCUT2D eigenvalue weighted by Gasteiger charge is 2.44. The van der Waals surface area contributed by atoms with E-state index in [1.54, 1.807) is 18.2 Å². The van der Waals surface area contributed by atoms with E-state index in [1.807, 2.05) is 12.1 Å². The molecule has 2 aromatic heterocycles. The molecule has 2 heterocycles. The average Bonchev–Trinajstić information content (AvgIpc) is 3.55. The lowest BCUT2D eigenvalue weighted by Crippen LogP contribution is -2.41. The number of nitrogens with one attached hydrogen (secondary N) is 2. The van der Waals surface area contributed by atoms with Gasteiger partial charge in [-0.3, -0.25) is 23.5 Å². The summed E-state index contributed by atoms with van der Waals surface area (Å²) in [7, 11) is 1.32. The van der Waals surface area contributed by atoms with Crippen LogP contribution in [0.4, 0.5) is 10.1 Å². The van der Waals surface area contributed by atoms with Crippen LogP contribution < -0.4 is 16.6 Å². The Morgan fingerprint density at radius 3 is 2.55 bits per heavy atom. The molecule has 2 aromatic carbocycles. The number of rotatable bonds is 8. The first-order valence-corrected chi connectivity index (χ1v) is 12.1. The highest BCUT2D eigenvalue weighted by Crippen LogP contribution is 2.40. The van der Waals surface area contributed by atoms with Gasteiger partial charge in [-0.1, -0.05) is 30.3 Å². The van der Waals surface area contributed by atoms with Crippen molar-refractivity contribution in [3.63, 3.8) is 0 Å². The molecule has 0 saturated heterocycles. The molecule has 1 aliphatic rings. The van der Waals surface area contributed by atoms with Gasteiger partial charge in [0.15, 0.2) is 5.65 Å². The molecule has 0 bridgehead atoms. The number of fused-ring (bicyclic) bond motifs is 1. The zero-order chi connectivity index (χ0) is 27.0. The lowest BCUT2D eigenvalue weighted by atomic mass is 10.1. The Morgan fingerprint density at radius 1 is 1.13 bits per heavy atom. The number of carbonyl (C=O) groups excluding carboxylic acids is 2. The lowest BCUT2D eigenvalue weighted by molar-refractivity contribution is -0.142. The number of methoxy groups -OCH3 is 1. The third-order valence-corrected chi connectivity index (χ3v) is 6.69. The van der Waals surface area contributed by atoms with Gasteiger partial charge >= 0.3 is 11.7 Å². The molecular weight excluding hydrogens is 493 g/mol. The molecule has 5 rings (SSSR count). The second kappa shape index (κ2) is 10.1. The van der Waals surface area contributed by atoms with Gasteiger partial charge in [0.05, 0.1) is 19.6 Å². The maximum absolute atomic E-state index is 14.4. The van der Waals surface area contributed by atoms with Gasteiger partial charge in [0.25, 0.3) is 5.56 Å². The summed E-state index contributed by atoms with van der Waals surface area (Å²) in [5, 5.41) is 2.70. The molecule has 2 N–H and O–H groups in total. The van der Waals surface area contributed by atoms with Gasteiger partial charge in [-0.05, 0) is 36.1 Å². The van der Waals surface area contributed by atoms with Crippen LogP contribution in [-0.2, 0) is 33.8 Å². The molecule has 0 aliphatic heterocycles. The van der Waals surface area contributed by atoms with E-state index < -0.39 is 17.1 Å². The number of amides is 1. The molecule has 1 unspecified atom stereocenters. The minimum Gasteiger partial charge on any atom is -0.469 e. The van der Waals surface area contributed by atoms with E-state index in [9.17, 15) is 23.6 Å². The second-order valence-electron chi connectivity index (χ2n) is 9.44. The van der Waals surface area contributed by atoms with E-state index in [4.69, 9.17) is 4.74 Å². The summed E-state index contributed by atoms with van der Waals surface area (Å²) in [4.78, 5) is 57.8. The van der Waals surface area contributed by atoms with Gasteiger partial charge < -0.3 is 15.0 Å². The molecule has 10 nitrogen and oxygen atoms in total. The summed E-state index contributed by atoms with van der Waals surface area (Å²) in [6.45, 7) is 1.35. The monoisotopic (exact) mass is 519 g/mol. The summed E-state index contributed by atoms with van der Waals surface area (Å²) in [5.74, 6) is -1.04. The predicted octanol–water partition coefficient (Wildman–Crippen LogP) is 2.43. The van der Waals surface area contributed by atoms with E-state index in [-0.39, 0.29) is 53.5 Å². The molecule has 0 radical (unpaired) electrons. The number of benzene rings is 2. The van der Waals surface area contributed by atoms with Gasteiger partial charge in [0, 0.05) is 31.1 Å². The van der Waals surface area contributed by atoms with Crippen molar-refractivity contribution in [2.45, 2.75) is 32.9 Å². The smallest absolute Gasteiger partial charge is 0.333 e. The van der Waals surface area contributed by atoms with Crippen LogP contribution in [-0.4, -0.2) is 38.1 Å². The van der Waals surface area contributed by atoms with Crippen molar-refractivity contribution in [1.29, 1.82) is 0 Å². The van der Waals surface area contributed by atoms with Gasteiger partial charge in [-0.15, -0.1) is 0 Å². The van der Waals surface area contributed by atoms with Crippen molar-refractivity contribution in [3.05, 3.63) is 92.1 Å². The number of anilines is 1. The normalized spacial score (nSPS) is 16.4. The number of aromatic nitrogens is 4. The summed E-state index contributed by atoms with van der Waals surface area (Å²) in [5.41, 5.74) is 0.803. The maximum atomic E-state index is 14.4. The largest absolute Gasteiger partial charge is 0.469 e. The van der Waals surface area contributed by atoms with Crippen LogP contribution in [0.25, 0.3) is 11.2 Å². The van der Waals surface area contributed by atoms with E-state index in [2.05, 4.69) is 15.3 Å². The zero-order valence-corrected chi connectivity index (χ0v) is 20.9. The minimum atomic E-state index is -0.626. The van der Waals surface area contributed by atoms with Crippen molar-refractivity contribution in [1.82, 2.24) is 19.1 Å². The van der Waals surface area contributed by atoms with Crippen LogP contribution in [0.5, 0.6) is 0 Å². The molecule has 1 fully saturated rings. The van der Waals surface area contributed by atoms with Crippen molar-refractivity contribution in [2.24, 2.45) is 11.8 Å². The topological polar surface area (TPSA) is 128 Å². The lowest BCUT2D eigenvalue weighted by Gasteiger charge is -2.11. The van der Waals surface area contributed by atoms with E-state index in [1.165, 1.54) is 36.8 Å². The fourth-order valence-corrected chi connectivity index (χ4v) is 4.63. The second-order valence-corrected chi connectivity index (χ2v) is 9.44. The Labute approximate surface area is 216 Å². The van der Waals surface area contributed by atoms with Crippen LogP contribution in [0.15, 0.2) is 58.1 Å². The number of imidazole rings is 1. The summed E-state index contributed by atoms with van der Waals surface area (Å²) in [6, 6.07) is 13.1. The Kier molecular flexibility index (Phi) is 6.66. The molecule has 11 heteroatoms. The Balaban J connectivity index is 1.54. The molecule has 1 saturated carbocycles. The van der Waals surface area contributed by atoms with Crippen LogP contribution in [0, 0.1) is 17.7 Å². The van der Waals surface area contributed by atoms with Crippen LogP contribution in [0.2, 0.25) is 0 Å². The van der Waals surface area contributed by atoms with Gasteiger partial charge in [-0.2, -0.15) is 0 Å². The first-order valence-electron chi connectivity index (χ1n) is 12.1. The molecule has 4 aromatic rings. The average molecular weight is 520 g/mol. The molecule has 38 heavy (non-hydrogen) atoms. The number of hydrogen-bond donors (Lipinski definition) is 2. The van der Waals surface area contributed by atoms with Crippen molar-refractivity contribution in [2.75, 3.05) is 12.4 Å². The Hall–Kier alpha value is -4.54. The van der Waals surface area contributed by atoms with Crippen LogP contribution in [0.3, 0.4) is 0 Å². The summed E-state index contributed by atoms with van der Waals surface area (Å²) in [6.07, 6.45) is 0.898. The number of halogens is 1. The van der Waals surface area contributed by atoms with Gasteiger partial charge in [0.1, 0.15) is 17.2 Å². The molecule has 0 spiro atoms.